The highest BCUT2D eigenvalue weighted by Gasteiger charge is 2.20. The van der Waals surface area contributed by atoms with Gasteiger partial charge in [-0.15, -0.1) is 0 Å². The maximum Gasteiger partial charge on any atom is 0.248 e. The average Bonchev–Trinajstić information content (AvgIpc) is 3.98. The molecule has 53 heavy (non-hydrogen) atoms. The van der Waals surface area contributed by atoms with E-state index >= 15 is 0 Å². The van der Waals surface area contributed by atoms with Gasteiger partial charge in [0.25, 0.3) is 0 Å². The standard InChI is InChI=1S/C47H33N6/c1-49-27-28-50(31-49)33-23-25-36(26-24-33)52-43-17-9-6-14-38(43)40-29-45-39(30-46(40)52)37-13-5-8-16-42(37)51(45)35-21-19-32(20-22-35)47-48-41-15-7-10-18-44(41)53(47)34-11-3-2-4-12-34/h2-31H,1H3/q+1. The van der Waals surface area contributed by atoms with Gasteiger partial charge in [-0.3, -0.25) is 4.57 Å². The molecule has 0 amide bonds. The second-order valence-electron chi connectivity index (χ2n) is 13.7. The summed E-state index contributed by atoms with van der Waals surface area (Å²) in [5.74, 6) is 0.927. The molecular weight excluding hydrogens is 649 g/mol. The summed E-state index contributed by atoms with van der Waals surface area (Å²) in [6, 6.07) is 58.8. The first-order valence-electron chi connectivity index (χ1n) is 17.9. The fourth-order valence-electron chi connectivity index (χ4n) is 8.18. The van der Waals surface area contributed by atoms with Crippen molar-refractivity contribution in [3.05, 3.63) is 183 Å². The van der Waals surface area contributed by atoms with Crippen LogP contribution < -0.4 is 4.57 Å². The highest BCUT2D eigenvalue weighted by Crippen LogP contribution is 2.40. The molecule has 0 unspecified atom stereocenters. The molecule has 4 heterocycles. The molecule has 0 aliphatic heterocycles. The molecule has 6 heteroatoms. The third-order valence-electron chi connectivity index (χ3n) is 10.6. The first-order valence-corrected chi connectivity index (χ1v) is 17.9. The number of para-hydroxylation sites is 5. The van der Waals surface area contributed by atoms with Crippen LogP contribution in [0.3, 0.4) is 0 Å². The van der Waals surface area contributed by atoms with E-state index in [1.165, 1.54) is 43.6 Å². The quantitative estimate of drug-likeness (QED) is 0.167. The Kier molecular flexibility index (Phi) is 6.36. The minimum absolute atomic E-state index is 0.927. The smallest absolute Gasteiger partial charge is 0.248 e. The Bertz CT molecular complexity index is 3160. The number of hydrogen-bond acceptors (Lipinski definition) is 1. The Hall–Kier alpha value is -7.18. The fraction of sp³-hybridized carbons (Fsp3) is 0.0213. The molecule has 0 bridgehead atoms. The van der Waals surface area contributed by atoms with Crippen molar-refractivity contribution in [3.8, 4) is 34.1 Å². The minimum Gasteiger partial charge on any atom is -0.309 e. The van der Waals surface area contributed by atoms with Crippen LogP contribution in [0.1, 0.15) is 0 Å². The molecule has 0 radical (unpaired) electrons. The Morgan fingerprint density at radius 2 is 0.943 bits per heavy atom. The highest BCUT2D eigenvalue weighted by atomic mass is 15.1. The van der Waals surface area contributed by atoms with Gasteiger partial charge in [0.15, 0.2) is 0 Å². The predicted octanol–water partition coefficient (Wildman–Crippen LogP) is 10.5. The van der Waals surface area contributed by atoms with Crippen molar-refractivity contribution in [1.29, 1.82) is 0 Å². The van der Waals surface area contributed by atoms with E-state index in [0.29, 0.717) is 0 Å². The van der Waals surface area contributed by atoms with Gasteiger partial charge in [0.2, 0.25) is 6.33 Å². The van der Waals surface area contributed by atoms with Gasteiger partial charge in [0.05, 0.1) is 40.1 Å². The second kappa shape index (κ2) is 11.4. The van der Waals surface area contributed by atoms with Crippen molar-refractivity contribution < 1.29 is 4.57 Å². The molecule has 0 spiro atoms. The molecule has 11 aromatic rings. The highest BCUT2D eigenvalue weighted by molar-refractivity contribution is 6.19. The molecule has 7 aromatic carbocycles. The molecule has 0 N–H and O–H groups in total. The number of imidazole rings is 2. The summed E-state index contributed by atoms with van der Waals surface area (Å²) < 4.78 is 11.3. The molecule has 11 rings (SSSR count). The Labute approximate surface area is 305 Å². The summed E-state index contributed by atoms with van der Waals surface area (Å²) in [7, 11) is 2.04. The van der Waals surface area contributed by atoms with Crippen LogP contribution in [-0.4, -0.2) is 23.3 Å². The molecule has 0 atom stereocenters. The molecule has 0 fully saturated rings. The Morgan fingerprint density at radius 3 is 1.55 bits per heavy atom. The van der Waals surface area contributed by atoms with Crippen molar-refractivity contribution in [2.24, 2.45) is 7.05 Å². The zero-order valence-electron chi connectivity index (χ0n) is 29.0. The maximum atomic E-state index is 5.11. The van der Waals surface area contributed by atoms with Crippen LogP contribution >= 0.6 is 0 Å². The van der Waals surface area contributed by atoms with E-state index in [2.05, 4.69) is 205 Å². The van der Waals surface area contributed by atoms with E-state index < -0.39 is 0 Å². The summed E-state index contributed by atoms with van der Waals surface area (Å²) in [5.41, 5.74) is 12.4. The van der Waals surface area contributed by atoms with E-state index in [-0.39, 0.29) is 0 Å². The molecule has 6 nitrogen and oxygen atoms in total. The number of hydrogen-bond donors (Lipinski definition) is 0. The van der Waals surface area contributed by atoms with E-state index in [1.807, 2.05) is 7.05 Å². The van der Waals surface area contributed by atoms with Crippen molar-refractivity contribution in [2.45, 2.75) is 0 Å². The largest absolute Gasteiger partial charge is 0.309 e. The minimum atomic E-state index is 0.927. The lowest BCUT2D eigenvalue weighted by molar-refractivity contribution is -0.670. The van der Waals surface area contributed by atoms with Gasteiger partial charge in [-0.2, -0.15) is 0 Å². The summed E-state index contributed by atoms with van der Waals surface area (Å²) in [4.78, 5) is 5.11. The van der Waals surface area contributed by atoms with Crippen molar-refractivity contribution in [2.75, 3.05) is 0 Å². The van der Waals surface area contributed by atoms with E-state index in [1.54, 1.807) is 0 Å². The number of aromatic nitrogens is 6. The van der Waals surface area contributed by atoms with Crippen LogP contribution in [0.4, 0.5) is 0 Å². The number of benzene rings is 7. The van der Waals surface area contributed by atoms with Gasteiger partial charge >= 0.3 is 0 Å². The van der Waals surface area contributed by atoms with Crippen molar-refractivity contribution in [1.82, 2.24) is 23.3 Å². The average molecular weight is 682 g/mol. The normalized spacial score (nSPS) is 11.9. The Balaban J connectivity index is 1.09. The van der Waals surface area contributed by atoms with Gasteiger partial charge in [0, 0.05) is 44.2 Å². The maximum absolute atomic E-state index is 5.11. The summed E-state index contributed by atoms with van der Waals surface area (Å²) in [6.45, 7) is 0. The van der Waals surface area contributed by atoms with E-state index in [4.69, 9.17) is 4.98 Å². The van der Waals surface area contributed by atoms with Crippen LogP contribution in [0.2, 0.25) is 0 Å². The fourth-order valence-corrected chi connectivity index (χ4v) is 8.18. The summed E-state index contributed by atoms with van der Waals surface area (Å²) in [5, 5.41) is 4.92. The number of aryl methyl sites for hydroxylation is 1. The number of fused-ring (bicyclic) bond motifs is 7. The number of nitrogens with zero attached hydrogens (tertiary/aromatic N) is 6. The van der Waals surface area contributed by atoms with Crippen molar-refractivity contribution >= 4 is 54.6 Å². The monoisotopic (exact) mass is 681 g/mol. The van der Waals surface area contributed by atoms with Crippen molar-refractivity contribution in [3.63, 3.8) is 0 Å². The van der Waals surface area contributed by atoms with Gasteiger partial charge in [-0.05, 0) is 97.1 Å². The third kappa shape index (κ3) is 4.52. The Morgan fingerprint density at radius 1 is 0.434 bits per heavy atom. The SMILES string of the molecule is C[n+]1ccn(-c2ccc(-n3c4ccccc4c4cc5c(cc43)c3ccccc3n5-c3ccc(-c4nc5ccccc5n4-c4ccccc4)cc3)cc2)c1. The first-order chi connectivity index (χ1) is 26.2. The molecule has 4 aromatic heterocycles. The lowest BCUT2D eigenvalue weighted by atomic mass is 10.1. The van der Waals surface area contributed by atoms with Crippen LogP contribution in [0.15, 0.2) is 183 Å². The molecule has 0 saturated heterocycles. The van der Waals surface area contributed by atoms with Crippen LogP contribution in [0, 0.1) is 0 Å². The lowest BCUT2D eigenvalue weighted by Gasteiger charge is -2.12. The number of rotatable bonds is 5. The van der Waals surface area contributed by atoms with Crippen LogP contribution in [-0.2, 0) is 7.05 Å². The molecular formula is C47H33N6+. The van der Waals surface area contributed by atoms with Gasteiger partial charge < -0.3 is 9.13 Å². The molecule has 250 valence electrons. The zero-order valence-corrected chi connectivity index (χ0v) is 29.0. The molecule has 0 aliphatic rings. The van der Waals surface area contributed by atoms with Crippen LogP contribution in [0.25, 0.3) is 88.8 Å². The first kappa shape index (κ1) is 29.5. The molecule has 0 saturated carbocycles. The summed E-state index contributed by atoms with van der Waals surface area (Å²) in [6.07, 6.45) is 6.22. The lowest BCUT2D eigenvalue weighted by Crippen LogP contribution is -2.23. The second-order valence-corrected chi connectivity index (χ2v) is 13.7. The van der Waals surface area contributed by atoms with Gasteiger partial charge in [-0.1, -0.05) is 66.7 Å². The topological polar surface area (TPSA) is 36.5 Å². The summed E-state index contributed by atoms with van der Waals surface area (Å²) >= 11 is 0. The molecule has 0 aliphatic carbocycles. The predicted molar refractivity (Wildman–Crippen MR) is 216 cm³/mol. The zero-order chi connectivity index (χ0) is 35.0. The van der Waals surface area contributed by atoms with E-state index in [9.17, 15) is 0 Å². The van der Waals surface area contributed by atoms with Crippen LogP contribution in [0.5, 0.6) is 0 Å². The third-order valence-corrected chi connectivity index (χ3v) is 10.6. The van der Waals surface area contributed by atoms with E-state index in [0.717, 1.165) is 45.2 Å². The van der Waals surface area contributed by atoms with Gasteiger partial charge in [0.1, 0.15) is 23.9 Å². The van der Waals surface area contributed by atoms with Gasteiger partial charge in [-0.25, -0.2) is 14.1 Å².